The van der Waals surface area contributed by atoms with Gasteiger partial charge in [-0.25, -0.2) is 0 Å². The fraction of sp³-hybridized carbons (Fsp3) is 1.00. The molecule has 2 aliphatic heterocycles. The monoisotopic (exact) mass is 210 g/mol. The van der Waals surface area contributed by atoms with Crippen LogP contribution in [-0.4, -0.2) is 45.1 Å². The Bertz CT molecular complexity index is 285. The van der Waals surface area contributed by atoms with Crippen molar-refractivity contribution in [2.75, 3.05) is 19.0 Å². The zero-order chi connectivity index (χ0) is 9.47. The van der Waals surface area contributed by atoms with Gasteiger partial charge in [0.05, 0.1) is 25.1 Å². The second-order valence-electron chi connectivity index (χ2n) is 3.08. The predicted octanol–water partition coefficient (Wildman–Crippen LogP) is -1.35. The van der Waals surface area contributed by atoms with E-state index in [0.717, 1.165) is 0 Å². The molecule has 76 valence electrons. The quantitative estimate of drug-likeness (QED) is 0.539. The largest absolute Gasteiger partial charge is 0.346 e. The second-order valence-corrected chi connectivity index (χ2v) is 4.77. The van der Waals surface area contributed by atoms with Gasteiger partial charge in [-0.15, -0.1) is 0 Å². The summed E-state index contributed by atoms with van der Waals surface area (Å²) in [5, 5.41) is 8.86. The van der Waals surface area contributed by atoms with Gasteiger partial charge in [-0.3, -0.25) is 4.18 Å². The maximum atomic E-state index is 10.9. The Morgan fingerprint density at radius 3 is 2.54 bits per heavy atom. The third-order valence-electron chi connectivity index (χ3n) is 2.10. The normalized spacial score (nSPS) is 43.9. The average molecular weight is 210 g/mol. The van der Waals surface area contributed by atoms with Gasteiger partial charge >= 0.3 is 0 Å². The lowest BCUT2D eigenvalue weighted by atomic mass is 10.1. The van der Waals surface area contributed by atoms with E-state index in [1.54, 1.807) is 0 Å². The molecule has 2 fully saturated rings. The highest BCUT2D eigenvalue weighted by Gasteiger charge is 2.39. The van der Waals surface area contributed by atoms with Gasteiger partial charge in [0, 0.05) is 5.92 Å². The fourth-order valence-electron chi connectivity index (χ4n) is 1.42. The van der Waals surface area contributed by atoms with Gasteiger partial charge in [0.15, 0.2) is 0 Å². The number of hydrogen-bond acceptors (Lipinski definition) is 6. The van der Waals surface area contributed by atoms with E-state index in [0.29, 0.717) is 0 Å². The van der Waals surface area contributed by atoms with Crippen molar-refractivity contribution in [1.29, 1.82) is 0 Å². The maximum Gasteiger partial charge on any atom is 0.269 e. The minimum atomic E-state index is -3.37. The SMILES string of the molecule is O=S1(=O)CC(C2COC(O)O2)CO1. The van der Waals surface area contributed by atoms with Crippen LogP contribution in [0.15, 0.2) is 0 Å². The first kappa shape index (κ1) is 9.35. The third-order valence-corrected chi connectivity index (χ3v) is 3.43. The number of aliphatic hydroxyl groups is 1. The van der Waals surface area contributed by atoms with Gasteiger partial charge in [0.2, 0.25) is 0 Å². The van der Waals surface area contributed by atoms with E-state index < -0.39 is 16.6 Å². The van der Waals surface area contributed by atoms with Crippen LogP contribution in [0, 0.1) is 5.92 Å². The summed E-state index contributed by atoms with van der Waals surface area (Å²) < 4.78 is 36.0. The molecule has 0 aromatic heterocycles. The Morgan fingerprint density at radius 1 is 1.31 bits per heavy atom. The molecule has 3 atom stereocenters. The highest BCUT2D eigenvalue weighted by molar-refractivity contribution is 7.86. The highest BCUT2D eigenvalue weighted by Crippen LogP contribution is 2.24. The fourth-order valence-corrected chi connectivity index (χ4v) is 2.73. The van der Waals surface area contributed by atoms with E-state index in [1.807, 2.05) is 0 Å². The van der Waals surface area contributed by atoms with Crippen LogP contribution in [0.1, 0.15) is 0 Å². The maximum absolute atomic E-state index is 10.9. The summed E-state index contributed by atoms with van der Waals surface area (Å²) >= 11 is 0. The summed E-state index contributed by atoms with van der Waals surface area (Å²) in [6.45, 7) is -0.901. The first-order valence-corrected chi connectivity index (χ1v) is 5.47. The van der Waals surface area contributed by atoms with Crippen molar-refractivity contribution in [2.24, 2.45) is 5.92 Å². The molecule has 0 aromatic rings. The number of rotatable bonds is 1. The average Bonchev–Trinajstić information content (AvgIpc) is 2.56. The van der Waals surface area contributed by atoms with Crippen LogP contribution in [0.2, 0.25) is 0 Å². The topological polar surface area (TPSA) is 82.1 Å². The predicted molar refractivity (Wildman–Crippen MR) is 40.1 cm³/mol. The molecule has 0 amide bonds. The van der Waals surface area contributed by atoms with Crippen molar-refractivity contribution in [3.8, 4) is 0 Å². The molecule has 3 unspecified atom stereocenters. The molecule has 0 saturated carbocycles. The molecule has 1 N–H and O–H groups in total. The van der Waals surface area contributed by atoms with Crippen LogP contribution in [0.5, 0.6) is 0 Å². The third kappa shape index (κ3) is 2.00. The van der Waals surface area contributed by atoms with Gasteiger partial charge in [-0.05, 0) is 0 Å². The van der Waals surface area contributed by atoms with E-state index in [1.165, 1.54) is 0 Å². The molecular formula is C6H10O6S. The zero-order valence-corrected chi connectivity index (χ0v) is 7.57. The van der Waals surface area contributed by atoms with Crippen molar-refractivity contribution in [2.45, 2.75) is 12.6 Å². The summed E-state index contributed by atoms with van der Waals surface area (Å²) in [5.74, 6) is -0.296. The van der Waals surface area contributed by atoms with Crippen molar-refractivity contribution in [3.63, 3.8) is 0 Å². The lowest BCUT2D eigenvalue weighted by Gasteiger charge is -2.11. The Morgan fingerprint density at radius 2 is 2.08 bits per heavy atom. The minimum absolute atomic E-state index is 0.0618. The lowest BCUT2D eigenvalue weighted by Crippen LogP contribution is -2.26. The summed E-state index contributed by atoms with van der Waals surface area (Å²) in [6.07, 6.45) is -0.382. The molecule has 2 aliphatic rings. The minimum Gasteiger partial charge on any atom is -0.346 e. The Kier molecular flexibility index (Phi) is 2.28. The molecule has 2 heterocycles. The van der Waals surface area contributed by atoms with Gasteiger partial charge in [-0.2, -0.15) is 8.42 Å². The summed E-state index contributed by atoms with van der Waals surface area (Å²) in [4.78, 5) is 0. The van der Waals surface area contributed by atoms with Crippen LogP contribution < -0.4 is 0 Å². The van der Waals surface area contributed by atoms with Gasteiger partial charge < -0.3 is 14.6 Å². The molecule has 2 rings (SSSR count). The molecule has 0 spiro atoms. The zero-order valence-electron chi connectivity index (χ0n) is 6.75. The van der Waals surface area contributed by atoms with Crippen molar-refractivity contribution in [1.82, 2.24) is 0 Å². The number of hydrogen-bond donors (Lipinski definition) is 1. The van der Waals surface area contributed by atoms with Crippen LogP contribution in [-0.2, 0) is 23.8 Å². The second kappa shape index (κ2) is 3.18. The molecule has 13 heavy (non-hydrogen) atoms. The van der Waals surface area contributed by atoms with Crippen molar-refractivity contribution >= 4 is 10.1 Å². The smallest absolute Gasteiger partial charge is 0.269 e. The summed E-state index contributed by atoms with van der Waals surface area (Å²) in [5.41, 5.74) is 0. The van der Waals surface area contributed by atoms with E-state index >= 15 is 0 Å². The molecular weight excluding hydrogens is 200 g/mol. The van der Waals surface area contributed by atoms with E-state index in [4.69, 9.17) is 14.6 Å². The van der Waals surface area contributed by atoms with Gasteiger partial charge in [0.25, 0.3) is 16.6 Å². The van der Waals surface area contributed by atoms with E-state index in [9.17, 15) is 8.42 Å². The van der Waals surface area contributed by atoms with E-state index in [-0.39, 0.29) is 31.0 Å². The lowest BCUT2D eigenvalue weighted by molar-refractivity contribution is -0.207. The molecule has 2 saturated heterocycles. The first-order valence-electron chi connectivity index (χ1n) is 3.89. The Labute approximate surface area is 75.5 Å². The molecule has 0 aliphatic carbocycles. The first-order chi connectivity index (χ1) is 6.07. The summed E-state index contributed by atoms with van der Waals surface area (Å²) in [7, 11) is -3.37. The van der Waals surface area contributed by atoms with Crippen LogP contribution in [0.25, 0.3) is 0 Å². The highest BCUT2D eigenvalue weighted by atomic mass is 32.2. The van der Waals surface area contributed by atoms with Crippen molar-refractivity contribution < 1.29 is 27.2 Å². The van der Waals surface area contributed by atoms with Crippen LogP contribution in [0.4, 0.5) is 0 Å². The molecule has 6 nitrogen and oxygen atoms in total. The molecule has 0 aromatic carbocycles. The molecule has 0 bridgehead atoms. The molecule has 7 heteroatoms. The van der Waals surface area contributed by atoms with Gasteiger partial charge in [-0.1, -0.05) is 0 Å². The Balaban J connectivity index is 1.97. The number of ether oxygens (including phenoxy) is 2. The van der Waals surface area contributed by atoms with Crippen molar-refractivity contribution in [3.05, 3.63) is 0 Å². The standard InChI is InChI=1S/C6H10O6S/c7-6-10-2-5(12-6)4-1-11-13(8,9)3-4/h4-7H,1-3H2. The molecule has 0 radical (unpaired) electrons. The van der Waals surface area contributed by atoms with Gasteiger partial charge in [0.1, 0.15) is 0 Å². The van der Waals surface area contributed by atoms with Crippen LogP contribution in [0.3, 0.4) is 0 Å². The van der Waals surface area contributed by atoms with Crippen LogP contribution >= 0.6 is 0 Å². The Hall–Kier alpha value is -0.210. The number of aliphatic hydroxyl groups excluding tert-OH is 1. The van der Waals surface area contributed by atoms with E-state index in [2.05, 4.69) is 4.18 Å². The summed E-state index contributed by atoms with van der Waals surface area (Å²) in [6, 6.07) is 0.